The maximum absolute atomic E-state index is 12.1. The van der Waals surface area contributed by atoms with Gasteiger partial charge in [-0.2, -0.15) is 4.57 Å². The molecule has 15 heavy (non-hydrogen) atoms. The van der Waals surface area contributed by atoms with E-state index in [0.29, 0.717) is 6.04 Å². The first kappa shape index (κ1) is 8.95. The van der Waals surface area contributed by atoms with Gasteiger partial charge in [-0.15, -0.1) is 0 Å². The molecule has 2 atom stereocenters. The van der Waals surface area contributed by atoms with Gasteiger partial charge in [-0.25, -0.2) is 9.36 Å². The predicted octanol–water partition coefficient (Wildman–Crippen LogP) is 0.765. The fourth-order valence-corrected chi connectivity index (χ4v) is 2.87. The highest BCUT2D eigenvalue weighted by Crippen LogP contribution is 2.37. The molecule has 1 aliphatic carbocycles. The topological polar surface area (TPSA) is 29.1 Å². The van der Waals surface area contributed by atoms with E-state index in [-0.39, 0.29) is 6.03 Å². The number of nitrogens with zero attached hydrogens (tertiary/aromatic N) is 3. The Morgan fingerprint density at radius 3 is 2.87 bits per heavy atom. The fourth-order valence-electron chi connectivity index (χ4n) is 2.87. The van der Waals surface area contributed by atoms with Crippen molar-refractivity contribution in [3.63, 3.8) is 0 Å². The average Bonchev–Trinajstić information content (AvgIpc) is 2.90. The van der Waals surface area contributed by atoms with Crippen molar-refractivity contribution in [3.8, 4) is 0 Å². The quantitative estimate of drug-likeness (QED) is 0.576. The van der Waals surface area contributed by atoms with Crippen LogP contribution in [-0.2, 0) is 7.05 Å². The second-order valence-electron chi connectivity index (χ2n) is 4.75. The van der Waals surface area contributed by atoms with Crippen molar-refractivity contribution in [1.82, 2.24) is 9.47 Å². The largest absolute Gasteiger partial charge is 0.416 e. The molecule has 2 fully saturated rings. The highest BCUT2D eigenvalue weighted by molar-refractivity contribution is 5.77. The molecule has 1 aromatic heterocycles. The first-order valence-corrected chi connectivity index (χ1v) is 5.58. The molecule has 2 unspecified atom stereocenters. The fraction of sp³-hybridized carbons (Fsp3) is 0.636. The van der Waals surface area contributed by atoms with Gasteiger partial charge < -0.3 is 4.90 Å². The van der Waals surface area contributed by atoms with Crippen LogP contribution in [0.4, 0.5) is 4.79 Å². The van der Waals surface area contributed by atoms with Gasteiger partial charge in [-0.05, 0) is 25.2 Å². The lowest BCUT2D eigenvalue weighted by Crippen LogP contribution is -2.40. The average molecular weight is 206 g/mol. The van der Waals surface area contributed by atoms with Gasteiger partial charge in [0.1, 0.15) is 12.4 Å². The monoisotopic (exact) mass is 206 g/mol. The number of aryl methyl sites for hydroxylation is 1. The minimum Gasteiger partial charge on any atom is -0.301 e. The molecular weight excluding hydrogens is 190 g/mol. The van der Waals surface area contributed by atoms with Crippen LogP contribution in [0.25, 0.3) is 0 Å². The standard InChI is InChI=1S/C11H16N3O/c1-12-4-5-13(8-12)11(15)14-7-9-2-3-10(14)6-9/h4-5,8-10H,2-3,6-7H2,1H3/q+1. The third kappa shape index (κ3) is 1.35. The van der Waals surface area contributed by atoms with Gasteiger partial charge in [-0.1, -0.05) is 0 Å². The molecule has 1 saturated carbocycles. The lowest BCUT2D eigenvalue weighted by molar-refractivity contribution is -0.670. The van der Waals surface area contributed by atoms with Crippen LogP contribution in [-0.4, -0.2) is 28.1 Å². The summed E-state index contributed by atoms with van der Waals surface area (Å²) in [5.41, 5.74) is 0. The molecule has 0 radical (unpaired) electrons. The molecule has 0 N–H and O–H groups in total. The van der Waals surface area contributed by atoms with Gasteiger partial charge in [0.15, 0.2) is 0 Å². The van der Waals surface area contributed by atoms with Gasteiger partial charge in [0.05, 0.1) is 7.05 Å². The Morgan fingerprint density at radius 2 is 2.33 bits per heavy atom. The van der Waals surface area contributed by atoms with Crippen molar-refractivity contribution in [3.05, 3.63) is 18.7 Å². The number of imidazole rings is 1. The Morgan fingerprint density at radius 1 is 1.47 bits per heavy atom. The number of fused-ring (bicyclic) bond motifs is 2. The zero-order chi connectivity index (χ0) is 10.4. The van der Waals surface area contributed by atoms with E-state index in [9.17, 15) is 4.79 Å². The van der Waals surface area contributed by atoms with Gasteiger partial charge in [0.2, 0.25) is 0 Å². The van der Waals surface area contributed by atoms with Crippen LogP contribution in [0.15, 0.2) is 18.7 Å². The van der Waals surface area contributed by atoms with E-state index in [0.717, 1.165) is 12.5 Å². The summed E-state index contributed by atoms with van der Waals surface area (Å²) < 4.78 is 3.58. The number of aromatic nitrogens is 2. The van der Waals surface area contributed by atoms with Crippen LogP contribution < -0.4 is 4.57 Å². The maximum Gasteiger partial charge on any atom is 0.416 e. The second kappa shape index (κ2) is 3.08. The Labute approximate surface area is 89.1 Å². The Bertz CT molecular complexity index is 398. The predicted molar refractivity (Wildman–Crippen MR) is 54.2 cm³/mol. The molecule has 4 heteroatoms. The van der Waals surface area contributed by atoms with E-state index < -0.39 is 0 Å². The van der Waals surface area contributed by atoms with Crippen molar-refractivity contribution < 1.29 is 9.36 Å². The molecule has 3 rings (SSSR count). The number of carbonyl (C=O) groups excluding carboxylic acids is 1. The van der Waals surface area contributed by atoms with E-state index in [1.54, 1.807) is 4.57 Å². The highest BCUT2D eigenvalue weighted by Gasteiger charge is 2.42. The van der Waals surface area contributed by atoms with Crippen LogP contribution in [0.3, 0.4) is 0 Å². The van der Waals surface area contributed by atoms with E-state index in [4.69, 9.17) is 0 Å². The molecule has 0 spiro atoms. The summed E-state index contributed by atoms with van der Waals surface area (Å²) in [6.45, 7) is 0.964. The van der Waals surface area contributed by atoms with E-state index >= 15 is 0 Å². The SMILES string of the molecule is C[n+]1ccn(C(=O)N2CC3CCC2C3)c1. The maximum atomic E-state index is 12.1. The first-order chi connectivity index (χ1) is 7.24. The van der Waals surface area contributed by atoms with Crippen LogP contribution in [0, 0.1) is 5.92 Å². The lowest BCUT2D eigenvalue weighted by Gasteiger charge is -2.24. The van der Waals surface area contributed by atoms with Crippen LogP contribution in [0.1, 0.15) is 19.3 Å². The molecular formula is C11H16N3O+. The molecule has 4 nitrogen and oxygen atoms in total. The number of amides is 1. The minimum atomic E-state index is 0.141. The summed E-state index contributed by atoms with van der Waals surface area (Å²) in [5, 5.41) is 0. The summed E-state index contributed by atoms with van der Waals surface area (Å²) in [5.74, 6) is 0.767. The molecule has 2 bridgehead atoms. The van der Waals surface area contributed by atoms with E-state index in [2.05, 4.69) is 0 Å². The van der Waals surface area contributed by atoms with Gasteiger partial charge in [-0.3, -0.25) is 0 Å². The van der Waals surface area contributed by atoms with Crippen LogP contribution >= 0.6 is 0 Å². The zero-order valence-electron chi connectivity index (χ0n) is 8.97. The van der Waals surface area contributed by atoms with Crippen molar-refractivity contribution >= 4 is 6.03 Å². The minimum absolute atomic E-state index is 0.141. The summed E-state index contributed by atoms with van der Waals surface area (Å²) in [4.78, 5) is 14.2. The molecule has 0 aromatic carbocycles. The Hall–Kier alpha value is -1.32. The van der Waals surface area contributed by atoms with Gasteiger partial charge in [0, 0.05) is 12.6 Å². The van der Waals surface area contributed by atoms with Crippen molar-refractivity contribution in [2.24, 2.45) is 13.0 Å². The molecule has 1 aromatic rings. The first-order valence-electron chi connectivity index (χ1n) is 5.58. The Balaban J connectivity index is 1.81. The lowest BCUT2D eigenvalue weighted by atomic mass is 10.1. The smallest absolute Gasteiger partial charge is 0.301 e. The highest BCUT2D eigenvalue weighted by atomic mass is 16.2. The summed E-state index contributed by atoms with van der Waals surface area (Å²) >= 11 is 0. The van der Waals surface area contributed by atoms with Crippen LogP contribution in [0.5, 0.6) is 0 Å². The Kier molecular flexibility index (Phi) is 1.84. The number of piperidine rings is 1. The molecule has 80 valence electrons. The molecule has 1 saturated heterocycles. The normalized spacial score (nSPS) is 28.7. The zero-order valence-corrected chi connectivity index (χ0v) is 8.97. The van der Waals surface area contributed by atoms with Gasteiger partial charge in [0.25, 0.3) is 6.33 Å². The van der Waals surface area contributed by atoms with E-state index in [1.807, 2.05) is 35.2 Å². The summed E-state index contributed by atoms with van der Waals surface area (Å²) in [7, 11) is 1.93. The van der Waals surface area contributed by atoms with Crippen LogP contribution in [0.2, 0.25) is 0 Å². The molecule has 2 heterocycles. The number of likely N-dealkylation sites (tertiary alicyclic amines) is 1. The number of carbonyl (C=O) groups is 1. The summed E-state index contributed by atoms with van der Waals surface area (Å²) in [6.07, 6.45) is 9.28. The summed E-state index contributed by atoms with van der Waals surface area (Å²) in [6, 6.07) is 0.651. The van der Waals surface area contributed by atoms with Gasteiger partial charge >= 0.3 is 6.03 Å². The number of hydrogen-bond acceptors (Lipinski definition) is 1. The third-order valence-corrected chi connectivity index (χ3v) is 3.64. The van der Waals surface area contributed by atoms with Crippen molar-refractivity contribution in [2.75, 3.05) is 6.54 Å². The molecule has 1 amide bonds. The number of rotatable bonds is 0. The molecule has 1 aliphatic heterocycles. The third-order valence-electron chi connectivity index (χ3n) is 3.64. The van der Waals surface area contributed by atoms with Crippen molar-refractivity contribution in [2.45, 2.75) is 25.3 Å². The second-order valence-corrected chi connectivity index (χ2v) is 4.75. The van der Waals surface area contributed by atoms with Crippen molar-refractivity contribution in [1.29, 1.82) is 0 Å². The molecule has 2 aliphatic rings. The van der Waals surface area contributed by atoms with E-state index in [1.165, 1.54) is 19.3 Å². The number of hydrogen-bond donors (Lipinski definition) is 0.